The molecule has 3 amide bonds. The maximum Gasteiger partial charge on any atom is 0.321 e. The molecular formula is C8H14N2O2. The summed E-state index contributed by atoms with van der Waals surface area (Å²) in [7, 11) is 1.46. The van der Waals surface area contributed by atoms with Gasteiger partial charge >= 0.3 is 6.03 Å². The molecule has 4 heteroatoms. The predicted octanol–water partition coefficient (Wildman–Crippen LogP) is 0.798. The summed E-state index contributed by atoms with van der Waals surface area (Å²) < 4.78 is 0. The smallest absolute Gasteiger partial charge is 0.321 e. The van der Waals surface area contributed by atoms with Crippen molar-refractivity contribution in [3.05, 3.63) is 11.6 Å². The molecule has 68 valence electrons. The lowest BCUT2D eigenvalue weighted by Crippen LogP contribution is -2.37. The van der Waals surface area contributed by atoms with Crippen LogP contribution in [0.2, 0.25) is 0 Å². The van der Waals surface area contributed by atoms with Crippen LogP contribution < -0.4 is 10.6 Å². The number of nitrogens with one attached hydrogen (secondary N) is 2. The molecule has 4 nitrogen and oxygen atoms in total. The Morgan fingerprint density at radius 1 is 1.42 bits per heavy atom. The van der Waals surface area contributed by atoms with Gasteiger partial charge in [0.05, 0.1) is 0 Å². The van der Waals surface area contributed by atoms with Crippen LogP contribution in [0, 0.1) is 0 Å². The molecule has 0 spiro atoms. The number of imide groups is 1. The van der Waals surface area contributed by atoms with Gasteiger partial charge in [0.25, 0.3) is 5.91 Å². The van der Waals surface area contributed by atoms with Crippen LogP contribution in [0.25, 0.3) is 0 Å². The number of hydrogen-bond acceptors (Lipinski definition) is 2. The van der Waals surface area contributed by atoms with Crippen LogP contribution in [0.3, 0.4) is 0 Å². The molecule has 0 aliphatic rings. The van der Waals surface area contributed by atoms with E-state index in [9.17, 15) is 9.59 Å². The van der Waals surface area contributed by atoms with Crippen LogP contribution in [0.4, 0.5) is 4.79 Å². The quantitative estimate of drug-likeness (QED) is 0.602. The topological polar surface area (TPSA) is 58.2 Å². The molecule has 0 aromatic carbocycles. The van der Waals surface area contributed by atoms with Crippen LogP contribution in [-0.4, -0.2) is 19.0 Å². The third kappa shape index (κ3) is 3.75. The molecule has 0 fully saturated rings. The van der Waals surface area contributed by atoms with Gasteiger partial charge in [0.2, 0.25) is 0 Å². The zero-order valence-corrected chi connectivity index (χ0v) is 7.60. The highest BCUT2D eigenvalue weighted by Crippen LogP contribution is 1.93. The summed E-state index contributed by atoms with van der Waals surface area (Å²) in [6.45, 7) is 3.60. The second kappa shape index (κ2) is 5.35. The van der Waals surface area contributed by atoms with Crippen molar-refractivity contribution in [1.82, 2.24) is 10.6 Å². The lowest BCUT2D eigenvalue weighted by atomic mass is 10.2. The first-order valence-electron chi connectivity index (χ1n) is 3.81. The van der Waals surface area contributed by atoms with Crippen molar-refractivity contribution in [3.63, 3.8) is 0 Å². The largest absolute Gasteiger partial charge is 0.341 e. The second-order valence-electron chi connectivity index (χ2n) is 2.33. The number of carbonyl (C=O) groups is 2. The summed E-state index contributed by atoms with van der Waals surface area (Å²) in [6, 6.07) is -0.483. The van der Waals surface area contributed by atoms with Gasteiger partial charge in [-0.2, -0.15) is 0 Å². The van der Waals surface area contributed by atoms with Crippen molar-refractivity contribution < 1.29 is 9.59 Å². The molecule has 0 heterocycles. The number of rotatable bonds is 2. The molecule has 0 rings (SSSR count). The van der Waals surface area contributed by atoms with E-state index in [0.717, 1.165) is 6.42 Å². The van der Waals surface area contributed by atoms with E-state index in [1.807, 2.05) is 6.92 Å². The van der Waals surface area contributed by atoms with Crippen molar-refractivity contribution in [3.8, 4) is 0 Å². The molecule has 0 radical (unpaired) electrons. The molecule has 0 saturated heterocycles. The Morgan fingerprint density at radius 2 is 2.00 bits per heavy atom. The highest BCUT2D eigenvalue weighted by molar-refractivity contribution is 6.03. The maximum atomic E-state index is 11.1. The molecule has 0 bridgehead atoms. The molecule has 0 aliphatic carbocycles. The highest BCUT2D eigenvalue weighted by atomic mass is 16.2. The van der Waals surface area contributed by atoms with Crippen molar-refractivity contribution in [2.75, 3.05) is 7.05 Å². The summed E-state index contributed by atoms with van der Waals surface area (Å²) in [5, 5.41) is 4.45. The van der Waals surface area contributed by atoms with Crippen LogP contribution in [0.15, 0.2) is 11.6 Å². The maximum absolute atomic E-state index is 11.1. The van der Waals surface area contributed by atoms with Crippen molar-refractivity contribution >= 4 is 11.9 Å². The van der Waals surface area contributed by atoms with Gasteiger partial charge in [-0.1, -0.05) is 13.0 Å². The fourth-order valence-electron chi connectivity index (χ4n) is 0.663. The lowest BCUT2D eigenvalue weighted by molar-refractivity contribution is -0.116. The van der Waals surface area contributed by atoms with Crippen LogP contribution in [0.5, 0.6) is 0 Å². The zero-order chi connectivity index (χ0) is 9.56. The van der Waals surface area contributed by atoms with Crippen molar-refractivity contribution in [2.24, 2.45) is 0 Å². The fraction of sp³-hybridized carbons (Fsp3) is 0.500. The molecule has 0 saturated carbocycles. The average molecular weight is 170 g/mol. The summed E-state index contributed by atoms with van der Waals surface area (Å²) >= 11 is 0. The summed E-state index contributed by atoms with van der Waals surface area (Å²) in [6.07, 6.45) is 2.55. The van der Waals surface area contributed by atoms with Crippen LogP contribution >= 0.6 is 0 Å². The average Bonchev–Trinajstić information content (AvgIpc) is 2.04. The highest BCUT2D eigenvalue weighted by Gasteiger charge is 2.06. The number of amides is 3. The molecule has 0 aromatic heterocycles. The minimum Gasteiger partial charge on any atom is -0.341 e. The van der Waals surface area contributed by atoms with E-state index in [4.69, 9.17) is 0 Å². The third-order valence-electron chi connectivity index (χ3n) is 1.32. The molecule has 12 heavy (non-hydrogen) atoms. The first kappa shape index (κ1) is 10.7. The standard InChI is InChI=1S/C8H14N2O2/c1-4-5-6(2)7(11)10-8(12)9-3/h5H,4H2,1-3H3,(H2,9,10,11,12)/b6-5+. The molecule has 0 atom stereocenters. The van der Waals surface area contributed by atoms with Gasteiger partial charge in [0.1, 0.15) is 0 Å². The van der Waals surface area contributed by atoms with E-state index >= 15 is 0 Å². The van der Waals surface area contributed by atoms with Gasteiger partial charge in [-0.15, -0.1) is 0 Å². The van der Waals surface area contributed by atoms with Crippen LogP contribution in [-0.2, 0) is 4.79 Å². The Bertz CT molecular complexity index is 209. The minimum absolute atomic E-state index is 0.351. The van der Waals surface area contributed by atoms with Gasteiger partial charge in [0.15, 0.2) is 0 Å². The van der Waals surface area contributed by atoms with Crippen LogP contribution in [0.1, 0.15) is 20.3 Å². The number of allylic oxidation sites excluding steroid dienone is 1. The van der Waals surface area contributed by atoms with E-state index in [2.05, 4.69) is 10.6 Å². The summed E-state index contributed by atoms with van der Waals surface area (Å²) in [5.41, 5.74) is 0.557. The molecular weight excluding hydrogens is 156 g/mol. The summed E-state index contributed by atoms with van der Waals surface area (Å²) in [5.74, 6) is -0.351. The minimum atomic E-state index is -0.483. The Morgan fingerprint density at radius 3 is 2.42 bits per heavy atom. The van der Waals surface area contributed by atoms with E-state index < -0.39 is 6.03 Å². The third-order valence-corrected chi connectivity index (χ3v) is 1.32. The van der Waals surface area contributed by atoms with Crippen molar-refractivity contribution in [1.29, 1.82) is 0 Å². The van der Waals surface area contributed by atoms with E-state index in [1.54, 1.807) is 13.0 Å². The number of urea groups is 1. The fourth-order valence-corrected chi connectivity index (χ4v) is 0.663. The number of carbonyl (C=O) groups excluding carboxylic acids is 2. The molecule has 0 unspecified atom stereocenters. The Balaban J connectivity index is 4.04. The monoisotopic (exact) mass is 170 g/mol. The van der Waals surface area contributed by atoms with Gasteiger partial charge in [-0.25, -0.2) is 4.79 Å². The summed E-state index contributed by atoms with van der Waals surface area (Å²) in [4.78, 5) is 21.7. The van der Waals surface area contributed by atoms with E-state index in [1.165, 1.54) is 7.05 Å². The molecule has 0 aromatic rings. The van der Waals surface area contributed by atoms with E-state index in [-0.39, 0.29) is 5.91 Å². The number of hydrogen-bond donors (Lipinski definition) is 2. The van der Waals surface area contributed by atoms with Crippen molar-refractivity contribution in [2.45, 2.75) is 20.3 Å². The first-order valence-corrected chi connectivity index (χ1v) is 3.81. The van der Waals surface area contributed by atoms with E-state index in [0.29, 0.717) is 5.57 Å². The normalized spacial score (nSPS) is 10.8. The SMILES string of the molecule is CC/C=C(\C)C(=O)NC(=O)NC. The Labute approximate surface area is 72.0 Å². The Kier molecular flexibility index (Phi) is 4.76. The second-order valence-corrected chi connectivity index (χ2v) is 2.33. The zero-order valence-electron chi connectivity index (χ0n) is 7.60. The molecule has 0 aliphatic heterocycles. The Hall–Kier alpha value is -1.32. The first-order chi connectivity index (χ1) is 5.61. The van der Waals surface area contributed by atoms with Gasteiger partial charge in [-0.05, 0) is 13.3 Å². The molecule has 2 N–H and O–H groups in total. The lowest BCUT2D eigenvalue weighted by Gasteiger charge is -2.01. The van der Waals surface area contributed by atoms with Gasteiger partial charge in [-0.3, -0.25) is 10.1 Å². The van der Waals surface area contributed by atoms with Gasteiger partial charge < -0.3 is 5.32 Å². The predicted molar refractivity (Wildman–Crippen MR) is 46.6 cm³/mol. The van der Waals surface area contributed by atoms with Gasteiger partial charge in [0, 0.05) is 12.6 Å².